The second-order valence-electron chi connectivity index (χ2n) is 5.44. The number of nitrogens with zero attached hydrogens (tertiary/aromatic N) is 2. The molecule has 2 heterocycles. The van der Waals surface area contributed by atoms with Gasteiger partial charge >= 0.3 is 0 Å². The lowest BCUT2D eigenvalue weighted by Gasteiger charge is -2.22. The molecule has 1 aliphatic heterocycles. The highest BCUT2D eigenvalue weighted by atomic mass is 32.2. The van der Waals surface area contributed by atoms with Gasteiger partial charge in [-0.2, -0.15) is 11.8 Å². The normalized spacial score (nSPS) is 20.4. The predicted octanol–water partition coefficient (Wildman–Crippen LogP) is 2.84. The van der Waals surface area contributed by atoms with E-state index in [4.69, 9.17) is 0 Å². The van der Waals surface area contributed by atoms with Gasteiger partial charge in [-0.15, -0.1) is 0 Å². The monoisotopic (exact) mass is 265 g/mol. The molecule has 0 radical (unpaired) electrons. The van der Waals surface area contributed by atoms with Crippen molar-refractivity contribution in [1.82, 2.24) is 9.88 Å². The van der Waals surface area contributed by atoms with Crippen molar-refractivity contribution in [2.45, 2.75) is 31.6 Å². The van der Waals surface area contributed by atoms with Gasteiger partial charge in [-0.1, -0.05) is 19.9 Å². The number of anilines is 1. The van der Waals surface area contributed by atoms with Gasteiger partial charge in [0, 0.05) is 36.8 Å². The van der Waals surface area contributed by atoms with Gasteiger partial charge in [-0.3, -0.25) is 4.90 Å². The van der Waals surface area contributed by atoms with Crippen LogP contribution < -0.4 is 5.32 Å². The van der Waals surface area contributed by atoms with Crippen LogP contribution in [0.5, 0.6) is 0 Å². The zero-order valence-electron chi connectivity index (χ0n) is 11.6. The molecule has 100 valence electrons. The highest BCUT2D eigenvalue weighted by Gasteiger charge is 2.23. The molecule has 18 heavy (non-hydrogen) atoms. The van der Waals surface area contributed by atoms with Crippen LogP contribution in [-0.4, -0.2) is 40.5 Å². The van der Waals surface area contributed by atoms with Crippen LogP contribution >= 0.6 is 11.8 Å². The standard InChI is InChI=1S/C14H23N3S/c1-14(2)6-7-17(8-9-18-14)11-12-4-5-13(15-3)16-10-12/h4-5,10H,6-9,11H2,1-3H3,(H,15,16). The van der Waals surface area contributed by atoms with Crippen molar-refractivity contribution in [2.24, 2.45) is 0 Å². The molecule has 4 heteroatoms. The highest BCUT2D eigenvalue weighted by molar-refractivity contribution is 8.00. The van der Waals surface area contributed by atoms with E-state index in [1.165, 1.54) is 30.8 Å². The van der Waals surface area contributed by atoms with E-state index in [9.17, 15) is 0 Å². The minimum Gasteiger partial charge on any atom is -0.373 e. The van der Waals surface area contributed by atoms with E-state index in [1.54, 1.807) is 0 Å². The fraction of sp³-hybridized carbons (Fsp3) is 0.643. The van der Waals surface area contributed by atoms with Gasteiger partial charge in [0.1, 0.15) is 5.82 Å². The van der Waals surface area contributed by atoms with Crippen LogP contribution in [0.2, 0.25) is 0 Å². The molecule has 1 aliphatic rings. The lowest BCUT2D eigenvalue weighted by molar-refractivity contribution is 0.276. The first-order valence-corrected chi connectivity index (χ1v) is 7.57. The molecule has 0 unspecified atom stereocenters. The molecular formula is C14H23N3S. The Morgan fingerprint density at radius 1 is 1.39 bits per heavy atom. The highest BCUT2D eigenvalue weighted by Crippen LogP contribution is 2.30. The fourth-order valence-electron chi connectivity index (χ4n) is 2.14. The van der Waals surface area contributed by atoms with Gasteiger partial charge in [0.25, 0.3) is 0 Å². The van der Waals surface area contributed by atoms with Gasteiger partial charge in [-0.25, -0.2) is 4.98 Å². The Kier molecular flexibility index (Phi) is 4.51. The quantitative estimate of drug-likeness (QED) is 0.909. The van der Waals surface area contributed by atoms with Gasteiger partial charge < -0.3 is 5.32 Å². The summed E-state index contributed by atoms with van der Waals surface area (Å²) < 4.78 is 0.434. The summed E-state index contributed by atoms with van der Waals surface area (Å²) in [5, 5.41) is 3.05. The summed E-state index contributed by atoms with van der Waals surface area (Å²) in [6.07, 6.45) is 3.24. The molecule has 0 bridgehead atoms. The zero-order chi connectivity index (χ0) is 13.0. The molecule has 1 saturated heterocycles. The molecule has 0 atom stereocenters. The lowest BCUT2D eigenvalue weighted by Crippen LogP contribution is -2.26. The van der Waals surface area contributed by atoms with Crippen LogP contribution in [-0.2, 0) is 6.54 Å². The van der Waals surface area contributed by atoms with E-state index in [0.29, 0.717) is 4.75 Å². The molecule has 1 fully saturated rings. The van der Waals surface area contributed by atoms with E-state index < -0.39 is 0 Å². The smallest absolute Gasteiger partial charge is 0.125 e. The molecular weight excluding hydrogens is 242 g/mol. The summed E-state index contributed by atoms with van der Waals surface area (Å²) in [5.74, 6) is 2.17. The van der Waals surface area contributed by atoms with Crippen LogP contribution in [0.25, 0.3) is 0 Å². The van der Waals surface area contributed by atoms with Crippen molar-refractivity contribution in [3.05, 3.63) is 23.9 Å². The number of rotatable bonds is 3. The van der Waals surface area contributed by atoms with E-state index >= 15 is 0 Å². The second kappa shape index (κ2) is 5.93. The topological polar surface area (TPSA) is 28.2 Å². The number of hydrogen-bond acceptors (Lipinski definition) is 4. The molecule has 2 rings (SSSR count). The van der Waals surface area contributed by atoms with E-state index in [1.807, 2.05) is 19.3 Å². The number of aromatic nitrogens is 1. The van der Waals surface area contributed by atoms with Crippen LogP contribution in [0, 0.1) is 0 Å². The average Bonchev–Trinajstić information content (AvgIpc) is 2.52. The first-order valence-electron chi connectivity index (χ1n) is 6.58. The third kappa shape index (κ3) is 3.89. The molecule has 1 N–H and O–H groups in total. The van der Waals surface area contributed by atoms with E-state index in [2.05, 4.69) is 46.9 Å². The number of hydrogen-bond donors (Lipinski definition) is 1. The Morgan fingerprint density at radius 2 is 2.22 bits per heavy atom. The summed E-state index contributed by atoms with van der Waals surface area (Å²) >= 11 is 2.09. The number of nitrogens with one attached hydrogen (secondary N) is 1. The lowest BCUT2D eigenvalue weighted by atomic mass is 10.1. The average molecular weight is 265 g/mol. The van der Waals surface area contributed by atoms with Crippen molar-refractivity contribution < 1.29 is 0 Å². The Hall–Kier alpha value is -0.740. The van der Waals surface area contributed by atoms with Crippen LogP contribution in [0.4, 0.5) is 5.82 Å². The molecule has 0 spiro atoms. The summed E-state index contributed by atoms with van der Waals surface area (Å²) in [6, 6.07) is 4.22. The summed E-state index contributed by atoms with van der Waals surface area (Å²) in [5.41, 5.74) is 1.30. The van der Waals surface area contributed by atoms with Gasteiger partial charge in [0.15, 0.2) is 0 Å². The molecule has 3 nitrogen and oxygen atoms in total. The van der Waals surface area contributed by atoms with E-state index in [0.717, 1.165) is 12.4 Å². The van der Waals surface area contributed by atoms with Crippen molar-refractivity contribution in [1.29, 1.82) is 0 Å². The Labute approximate surface area is 114 Å². The Bertz CT molecular complexity index is 375. The molecule has 0 amide bonds. The Morgan fingerprint density at radius 3 is 2.89 bits per heavy atom. The molecule has 0 aromatic carbocycles. The Balaban J connectivity index is 1.92. The van der Waals surface area contributed by atoms with Crippen molar-refractivity contribution in [3.8, 4) is 0 Å². The zero-order valence-corrected chi connectivity index (χ0v) is 12.4. The van der Waals surface area contributed by atoms with Crippen molar-refractivity contribution >= 4 is 17.6 Å². The fourth-order valence-corrected chi connectivity index (χ4v) is 3.28. The second-order valence-corrected chi connectivity index (χ2v) is 7.24. The first-order chi connectivity index (χ1) is 8.59. The van der Waals surface area contributed by atoms with Crippen LogP contribution in [0.3, 0.4) is 0 Å². The molecule has 0 saturated carbocycles. The van der Waals surface area contributed by atoms with E-state index in [-0.39, 0.29) is 0 Å². The molecule has 0 aliphatic carbocycles. The predicted molar refractivity (Wildman–Crippen MR) is 80.2 cm³/mol. The summed E-state index contributed by atoms with van der Waals surface area (Å²) in [7, 11) is 1.90. The maximum absolute atomic E-state index is 4.37. The third-order valence-electron chi connectivity index (χ3n) is 3.42. The van der Waals surface area contributed by atoms with Crippen LogP contribution in [0.15, 0.2) is 18.3 Å². The maximum atomic E-state index is 4.37. The maximum Gasteiger partial charge on any atom is 0.125 e. The summed E-state index contributed by atoms with van der Waals surface area (Å²) in [6.45, 7) is 8.10. The van der Waals surface area contributed by atoms with Gasteiger partial charge in [0.05, 0.1) is 0 Å². The molecule has 1 aromatic rings. The van der Waals surface area contributed by atoms with Gasteiger partial charge in [0.2, 0.25) is 0 Å². The summed E-state index contributed by atoms with van der Waals surface area (Å²) in [4.78, 5) is 6.91. The number of pyridine rings is 1. The SMILES string of the molecule is CNc1ccc(CN2CCSC(C)(C)CC2)cn1. The van der Waals surface area contributed by atoms with Crippen molar-refractivity contribution in [3.63, 3.8) is 0 Å². The van der Waals surface area contributed by atoms with Crippen molar-refractivity contribution in [2.75, 3.05) is 31.2 Å². The first kappa shape index (κ1) is 13.7. The molecule has 1 aromatic heterocycles. The van der Waals surface area contributed by atoms with Gasteiger partial charge in [-0.05, 0) is 24.6 Å². The minimum absolute atomic E-state index is 0.434. The largest absolute Gasteiger partial charge is 0.373 e. The number of thioether (sulfide) groups is 1. The van der Waals surface area contributed by atoms with Crippen LogP contribution in [0.1, 0.15) is 25.8 Å². The minimum atomic E-state index is 0.434. The third-order valence-corrected chi connectivity index (χ3v) is 4.79.